The van der Waals surface area contributed by atoms with Crippen LogP contribution in [0.3, 0.4) is 0 Å². The smallest absolute Gasteiger partial charge is 0.194 e. The van der Waals surface area contributed by atoms with Gasteiger partial charge in [0.2, 0.25) is 0 Å². The van der Waals surface area contributed by atoms with Gasteiger partial charge in [-0.15, -0.1) is 11.3 Å². The second-order valence-electron chi connectivity index (χ2n) is 0.949. The highest BCUT2D eigenvalue weighted by Gasteiger charge is 1.84. The summed E-state index contributed by atoms with van der Waals surface area (Å²) in [5.74, 6) is 0. The van der Waals surface area contributed by atoms with Crippen LogP contribution in [0.1, 0.15) is 5.01 Å². The van der Waals surface area contributed by atoms with Crippen LogP contribution in [-0.4, -0.2) is 4.98 Å². The lowest BCUT2D eigenvalue weighted by atomic mass is 10.8. The standard InChI is InChI=1S/C4H2N2S/c5-3-4-6-1-2-7-4/h1-2H. The van der Waals surface area contributed by atoms with E-state index in [1.807, 2.05) is 6.07 Å². The molecule has 1 aromatic heterocycles. The fraction of sp³-hybridized carbons (Fsp3) is 0. The number of hydrogen-bond acceptors (Lipinski definition) is 3. The molecule has 1 rings (SSSR count). The lowest BCUT2D eigenvalue weighted by Crippen LogP contribution is -1.61. The minimum absolute atomic E-state index is 0.528. The normalized spacial score (nSPS) is 7.86. The Morgan fingerprint density at radius 3 is 3.00 bits per heavy atom. The van der Waals surface area contributed by atoms with E-state index in [0.717, 1.165) is 0 Å². The maximum absolute atomic E-state index is 8.12. The summed E-state index contributed by atoms with van der Waals surface area (Å²) < 4.78 is 0. The van der Waals surface area contributed by atoms with Gasteiger partial charge >= 0.3 is 0 Å². The van der Waals surface area contributed by atoms with E-state index >= 15 is 0 Å². The van der Waals surface area contributed by atoms with E-state index in [4.69, 9.17) is 5.26 Å². The SMILES string of the molecule is N#Cc1nccs1. The molecule has 2 nitrogen and oxygen atoms in total. The summed E-state index contributed by atoms with van der Waals surface area (Å²) >= 11 is 1.35. The molecule has 0 saturated carbocycles. The highest BCUT2D eigenvalue weighted by atomic mass is 32.1. The van der Waals surface area contributed by atoms with Crippen LogP contribution in [0.25, 0.3) is 0 Å². The quantitative estimate of drug-likeness (QED) is 0.499. The largest absolute Gasteiger partial charge is 0.234 e. The van der Waals surface area contributed by atoms with Crippen molar-refractivity contribution >= 4 is 11.3 Å². The topological polar surface area (TPSA) is 36.7 Å². The van der Waals surface area contributed by atoms with Crippen LogP contribution in [0.2, 0.25) is 0 Å². The number of aromatic nitrogens is 1. The minimum atomic E-state index is 0.528. The van der Waals surface area contributed by atoms with E-state index in [1.165, 1.54) is 11.3 Å². The van der Waals surface area contributed by atoms with E-state index in [-0.39, 0.29) is 0 Å². The van der Waals surface area contributed by atoms with Crippen molar-refractivity contribution < 1.29 is 0 Å². The van der Waals surface area contributed by atoms with Crippen molar-refractivity contribution in [2.45, 2.75) is 0 Å². The number of nitriles is 1. The molecule has 1 heterocycles. The Hall–Kier alpha value is -0.880. The van der Waals surface area contributed by atoms with Crippen LogP contribution >= 0.6 is 11.3 Å². The predicted octanol–water partition coefficient (Wildman–Crippen LogP) is 1.01. The van der Waals surface area contributed by atoms with E-state index in [1.54, 1.807) is 11.6 Å². The van der Waals surface area contributed by atoms with Crippen LogP contribution in [0.5, 0.6) is 0 Å². The molecule has 0 aliphatic rings. The van der Waals surface area contributed by atoms with Gasteiger partial charge in [-0.25, -0.2) is 4.98 Å². The van der Waals surface area contributed by atoms with Crippen molar-refractivity contribution in [1.29, 1.82) is 5.26 Å². The van der Waals surface area contributed by atoms with Gasteiger partial charge in [-0.05, 0) is 0 Å². The average Bonchev–Trinajstić information content (AvgIpc) is 2.14. The lowest BCUT2D eigenvalue weighted by Gasteiger charge is -1.61. The third-order valence-corrected chi connectivity index (χ3v) is 1.21. The molecule has 0 radical (unpaired) electrons. The van der Waals surface area contributed by atoms with Crippen molar-refractivity contribution in [3.05, 3.63) is 16.6 Å². The first-order chi connectivity index (χ1) is 3.43. The predicted molar refractivity (Wildman–Crippen MR) is 26.8 cm³/mol. The fourth-order valence-electron chi connectivity index (χ4n) is 0.279. The van der Waals surface area contributed by atoms with Crippen molar-refractivity contribution in [2.24, 2.45) is 0 Å². The second kappa shape index (κ2) is 1.71. The van der Waals surface area contributed by atoms with E-state index in [0.29, 0.717) is 5.01 Å². The lowest BCUT2D eigenvalue weighted by molar-refractivity contribution is 1.35. The molecule has 0 aromatic carbocycles. The van der Waals surface area contributed by atoms with Crippen molar-refractivity contribution in [3.8, 4) is 6.07 Å². The summed E-state index contributed by atoms with van der Waals surface area (Å²) in [6, 6.07) is 1.91. The molecule has 1 aromatic rings. The zero-order valence-corrected chi connectivity index (χ0v) is 4.27. The van der Waals surface area contributed by atoms with Gasteiger partial charge in [-0.3, -0.25) is 0 Å². The molecule has 0 unspecified atom stereocenters. The van der Waals surface area contributed by atoms with Gasteiger partial charge < -0.3 is 0 Å². The van der Waals surface area contributed by atoms with Gasteiger partial charge in [-0.2, -0.15) is 5.26 Å². The number of thiazole rings is 1. The van der Waals surface area contributed by atoms with Gasteiger partial charge in [0.25, 0.3) is 0 Å². The minimum Gasteiger partial charge on any atom is -0.234 e. The molecule has 0 aliphatic heterocycles. The summed E-state index contributed by atoms with van der Waals surface area (Å²) in [6.07, 6.45) is 1.61. The molecule has 0 amide bonds. The first-order valence-electron chi connectivity index (χ1n) is 1.73. The van der Waals surface area contributed by atoms with Crippen molar-refractivity contribution in [3.63, 3.8) is 0 Å². The van der Waals surface area contributed by atoms with Crippen LogP contribution in [0.15, 0.2) is 11.6 Å². The van der Waals surface area contributed by atoms with Gasteiger partial charge in [0, 0.05) is 11.6 Å². The van der Waals surface area contributed by atoms with Crippen molar-refractivity contribution in [1.82, 2.24) is 4.98 Å². The van der Waals surface area contributed by atoms with Crippen molar-refractivity contribution in [2.75, 3.05) is 0 Å². The third kappa shape index (κ3) is 0.756. The molecule has 0 bridgehead atoms. The first kappa shape index (κ1) is 4.28. The zero-order chi connectivity index (χ0) is 5.11. The van der Waals surface area contributed by atoms with E-state index < -0.39 is 0 Å². The first-order valence-corrected chi connectivity index (χ1v) is 2.61. The maximum atomic E-state index is 8.12. The summed E-state index contributed by atoms with van der Waals surface area (Å²) in [5.41, 5.74) is 0. The molecule has 0 aliphatic carbocycles. The Morgan fingerprint density at radius 1 is 1.86 bits per heavy atom. The number of rotatable bonds is 0. The van der Waals surface area contributed by atoms with E-state index in [9.17, 15) is 0 Å². The highest BCUT2D eigenvalue weighted by molar-refractivity contribution is 7.10. The Labute approximate surface area is 45.0 Å². The number of nitrogens with zero attached hydrogens (tertiary/aromatic N) is 2. The van der Waals surface area contributed by atoms with Crippen LogP contribution in [0, 0.1) is 11.3 Å². The molecule has 34 valence electrons. The summed E-state index contributed by atoms with van der Waals surface area (Å²) in [7, 11) is 0. The van der Waals surface area contributed by atoms with Gasteiger partial charge in [0.1, 0.15) is 6.07 Å². The molecule has 0 fully saturated rings. The van der Waals surface area contributed by atoms with Crippen LogP contribution in [0.4, 0.5) is 0 Å². The Balaban J connectivity index is 3.04. The number of hydrogen-bond donors (Lipinski definition) is 0. The molecule has 3 heteroatoms. The highest BCUT2D eigenvalue weighted by Crippen LogP contribution is 1.99. The molecular weight excluding hydrogens is 108 g/mol. The van der Waals surface area contributed by atoms with Crippen LogP contribution < -0.4 is 0 Å². The molecular formula is C4H2N2S. The monoisotopic (exact) mass is 110 g/mol. The molecule has 0 spiro atoms. The Bertz CT molecular complexity index is 172. The molecule has 7 heavy (non-hydrogen) atoms. The Morgan fingerprint density at radius 2 is 2.71 bits per heavy atom. The summed E-state index contributed by atoms with van der Waals surface area (Å²) in [5, 5.41) is 10.4. The second-order valence-corrected chi connectivity index (χ2v) is 1.84. The van der Waals surface area contributed by atoms with Crippen LogP contribution in [-0.2, 0) is 0 Å². The maximum Gasteiger partial charge on any atom is 0.194 e. The van der Waals surface area contributed by atoms with Gasteiger partial charge in [-0.1, -0.05) is 0 Å². The van der Waals surface area contributed by atoms with Gasteiger partial charge in [0.15, 0.2) is 5.01 Å². The third-order valence-electron chi connectivity index (χ3n) is 0.528. The fourth-order valence-corrected chi connectivity index (χ4v) is 0.704. The Kier molecular flexibility index (Phi) is 1.05. The molecule has 0 N–H and O–H groups in total. The molecule has 0 atom stereocenters. The molecule has 0 saturated heterocycles. The average molecular weight is 110 g/mol. The summed E-state index contributed by atoms with van der Waals surface area (Å²) in [6.45, 7) is 0. The van der Waals surface area contributed by atoms with E-state index in [2.05, 4.69) is 4.98 Å². The summed E-state index contributed by atoms with van der Waals surface area (Å²) in [4.78, 5) is 3.69. The zero-order valence-electron chi connectivity index (χ0n) is 3.46. The van der Waals surface area contributed by atoms with Gasteiger partial charge in [0.05, 0.1) is 0 Å².